The molecule has 34 heavy (non-hydrogen) atoms. The third kappa shape index (κ3) is 5.48. The Bertz CT molecular complexity index is 1030. The van der Waals surface area contributed by atoms with Crippen molar-refractivity contribution in [3.63, 3.8) is 0 Å². The molecule has 10 heteroatoms. The highest BCUT2D eigenvalue weighted by molar-refractivity contribution is 5.70. The maximum atomic E-state index is 12.4. The molecule has 0 aliphatic heterocycles. The fourth-order valence-electron chi connectivity index (χ4n) is 4.56. The summed E-state index contributed by atoms with van der Waals surface area (Å²) in [6.07, 6.45) is 9.16. The number of aliphatic carboxylic acids is 1. The average Bonchev–Trinajstić information content (AvgIpc) is 3.16. The largest absolute Gasteiger partial charge is 0.487 e. The van der Waals surface area contributed by atoms with Gasteiger partial charge in [0.15, 0.2) is 11.6 Å². The van der Waals surface area contributed by atoms with E-state index in [1.165, 1.54) is 19.3 Å². The number of carboxylic acids is 1. The molecule has 2 aromatic rings. The Morgan fingerprint density at radius 1 is 1.21 bits per heavy atom. The van der Waals surface area contributed by atoms with Crippen LogP contribution >= 0.6 is 0 Å². The van der Waals surface area contributed by atoms with E-state index in [1.54, 1.807) is 36.1 Å². The van der Waals surface area contributed by atoms with Crippen molar-refractivity contribution in [2.24, 2.45) is 18.9 Å². The number of amides is 1. The molecule has 0 unspecified atom stereocenters. The number of ether oxygens (including phenoxy) is 2. The van der Waals surface area contributed by atoms with Gasteiger partial charge in [-0.2, -0.15) is 5.10 Å². The van der Waals surface area contributed by atoms with E-state index in [0.29, 0.717) is 47.3 Å². The van der Waals surface area contributed by atoms with E-state index in [0.717, 1.165) is 19.4 Å². The maximum absolute atomic E-state index is 12.4. The van der Waals surface area contributed by atoms with E-state index in [9.17, 15) is 14.7 Å². The number of hydrogen-bond acceptors (Lipinski definition) is 7. The average molecular weight is 472 g/mol. The number of carboxylic acid groups (broad SMARTS) is 1. The molecule has 0 bridgehead atoms. The lowest BCUT2D eigenvalue weighted by Gasteiger charge is -2.29. The quantitative estimate of drug-likeness (QED) is 0.620. The highest BCUT2D eigenvalue weighted by atomic mass is 16.6. The molecule has 2 saturated carbocycles. The van der Waals surface area contributed by atoms with Crippen molar-refractivity contribution in [1.82, 2.24) is 24.6 Å². The lowest BCUT2D eigenvalue weighted by Crippen LogP contribution is -2.34. The summed E-state index contributed by atoms with van der Waals surface area (Å²) in [6.45, 7) is 2.62. The summed E-state index contributed by atoms with van der Waals surface area (Å²) in [6, 6.07) is 0. The Hall–Kier alpha value is -3.17. The Kier molecular flexibility index (Phi) is 7.33. The van der Waals surface area contributed by atoms with Gasteiger partial charge in [-0.25, -0.2) is 14.8 Å². The second kappa shape index (κ2) is 10.4. The minimum atomic E-state index is -0.768. The summed E-state index contributed by atoms with van der Waals surface area (Å²) in [4.78, 5) is 34.4. The molecule has 2 fully saturated rings. The maximum Gasteiger partial charge on any atom is 0.409 e. The van der Waals surface area contributed by atoms with E-state index in [1.807, 2.05) is 6.92 Å². The molecule has 0 saturated heterocycles. The second-order valence-electron chi connectivity index (χ2n) is 9.45. The van der Waals surface area contributed by atoms with Crippen LogP contribution in [0.1, 0.15) is 56.3 Å². The zero-order chi connectivity index (χ0) is 24.2. The van der Waals surface area contributed by atoms with Crippen LogP contribution in [-0.4, -0.2) is 61.5 Å². The molecule has 1 N–H and O–H groups in total. The molecule has 0 radical (unpaired) electrons. The number of aryl methyl sites for hydroxylation is 2. The Labute approximate surface area is 199 Å². The van der Waals surface area contributed by atoms with Crippen molar-refractivity contribution >= 4 is 12.1 Å². The molecule has 1 amide bonds. The van der Waals surface area contributed by atoms with Gasteiger partial charge in [-0.1, -0.05) is 6.42 Å². The van der Waals surface area contributed by atoms with Crippen LogP contribution < -0.4 is 4.74 Å². The minimum absolute atomic E-state index is 0.0684. The van der Waals surface area contributed by atoms with Crippen LogP contribution in [0.25, 0.3) is 11.4 Å². The van der Waals surface area contributed by atoms with Gasteiger partial charge in [0, 0.05) is 20.6 Å². The number of carbonyl (C=O) groups is 2. The summed E-state index contributed by atoms with van der Waals surface area (Å²) in [7, 11) is 3.55. The van der Waals surface area contributed by atoms with Crippen molar-refractivity contribution in [3.8, 4) is 17.1 Å². The first-order valence-electron chi connectivity index (χ1n) is 11.9. The van der Waals surface area contributed by atoms with Gasteiger partial charge in [0.1, 0.15) is 6.61 Å². The molecule has 2 heterocycles. The lowest BCUT2D eigenvalue weighted by atomic mass is 9.85. The van der Waals surface area contributed by atoms with E-state index in [-0.39, 0.29) is 24.7 Å². The number of rotatable bonds is 8. The zero-order valence-electron chi connectivity index (χ0n) is 20.1. The summed E-state index contributed by atoms with van der Waals surface area (Å²) in [5.41, 5.74) is 2.06. The van der Waals surface area contributed by atoms with E-state index in [2.05, 4.69) is 15.1 Å². The van der Waals surface area contributed by atoms with Crippen molar-refractivity contribution in [1.29, 1.82) is 0 Å². The van der Waals surface area contributed by atoms with E-state index >= 15 is 0 Å². The van der Waals surface area contributed by atoms with Crippen molar-refractivity contribution < 1.29 is 24.2 Å². The summed E-state index contributed by atoms with van der Waals surface area (Å²) in [5, 5.41) is 13.6. The van der Waals surface area contributed by atoms with E-state index in [4.69, 9.17) is 9.47 Å². The van der Waals surface area contributed by atoms with Gasteiger partial charge in [-0.15, -0.1) is 0 Å². The number of aromatic nitrogens is 4. The lowest BCUT2D eigenvalue weighted by molar-refractivity contribution is -0.143. The molecular weight excluding hydrogens is 438 g/mol. The fraction of sp³-hybridized carbons (Fsp3) is 0.625. The third-order valence-electron chi connectivity index (χ3n) is 6.91. The monoisotopic (exact) mass is 471 g/mol. The molecule has 0 spiro atoms. The van der Waals surface area contributed by atoms with Crippen LogP contribution in [0.4, 0.5) is 4.79 Å². The molecular formula is C24H33N5O5. The first-order valence-corrected chi connectivity index (χ1v) is 11.9. The standard InChI is InChI=1S/C24H33N5O5/c1-15-21(34-18-9-5-8-17(10-18)23(30)31)12-25-22(27-15)19-11-26-29(3)20(19)14-33-24(32)28(2)13-16-6-4-7-16/h11-12,16-18H,4-10,13-14H2,1-3H3,(H,30,31)/t17-,18-/m0/s1. The number of hydrogen-bond donors (Lipinski definition) is 1. The molecule has 4 rings (SSSR count). The summed E-state index contributed by atoms with van der Waals surface area (Å²) in [5.74, 6) is 0.460. The van der Waals surface area contributed by atoms with Gasteiger partial charge < -0.3 is 19.5 Å². The molecule has 10 nitrogen and oxygen atoms in total. The second-order valence-corrected chi connectivity index (χ2v) is 9.45. The van der Waals surface area contributed by atoms with E-state index < -0.39 is 5.97 Å². The van der Waals surface area contributed by atoms with Gasteiger partial charge >= 0.3 is 12.1 Å². The van der Waals surface area contributed by atoms with Crippen LogP contribution in [0.2, 0.25) is 0 Å². The van der Waals surface area contributed by atoms with Gasteiger partial charge in [0.25, 0.3) is 0 Å². The fourth-order valence-corrected chi connectivity index (χ4v) is 4.56. The summed E-state index contributed by atoms with van der Waals surface area (Å²) >= 11 is 0. The van der Waals surface area contributed by atoms with Gasteiger partial charge in [0.05, 0.1) is 41.4 Å². The number of carbonyl (C=O) groups excluding carboxylic acids is 1. The number of nitrogens with zero attached hydrogens (tertiary/aromatic N) is 5. The van der Waals surface area contributed by atoms with Crippen LogP contribution in [0.3, 0.4) is 0 Å². The zero-order valence-corrected chi connectivity index (χ0v) is 20.1. The van der Waals surface area contributed by atoms with Crippen molar-refractivity contribution in [3.05, 3.63) is 23.8 Å². The van der Waals surface area contributed by atoms with Crippen LogP contribution in [-0.2, 0) is 23.2 Å². The normalized spacial score (nSPS) is 20.4. The predicted molar refractivity (Wildman–Crippen MR) is 123 cm³/mol. The van der Waals surface area contributed by atoms with Crippen molar-refractivity contribution in [2.75, 3.05) is 13.6 Å². The highest BCUT2D eigenvalue weighted by Crippen LogP contribution is 2.30. The molecule has 2 aliphatic carbocycles. The molecule has 2 aliphatic rings. The van der Waals surface area contributed by atoms with Gasteiger partial charge in [-0.3, -0.25) is 9.48 Å². The first-order chi connectivity index (χ1) is 16.3. The molecule has 184 valence electrons. The van der Waals surface area contributed by atoms with Gasteiger partial charge in [-0.05, 0) is 51.4 Å². The van der Waals surface area contributed by atoms with Crippen LogP contribution in [0, 0.1) is 18.8 Å². The molecule has 0 aromatic carbocycles. The van der Waals surface area contributed by atoms with Crippen molar-refractivity contribution in [2.45, 2.75) is 64.6 Å². The Morgan fingerprint density at radius 2 is 1.97 bits per heavy atom. The van der Waals surface area contributed by atoms with Crippen LogP contribution in [0.5, 0.6) is 5.75 Å². The Morgan fingerprint density at radius 3 is 2.65 bits per heavy atom. The molecule has 2 aromatic heterocycles. The highest BCUT2D eigenvalue weighted by Gasteiger charge is 2.29. The SMILES string of the molecule is Cc1nc(-c2cnn(C)c2COC(=O)N(C)CC2CCC2)ncc1O[C@H]1CCC[C@H](C(=O)O)C1. The minimum Gasteiger partial charge on any atom is -0.487 e. The van der Waals surface area contributed by atoms with Gasteiger partial charge in [0.2, 0.25) is 0 Å². The topological polar surface area (TPSA) is 120 Å². The first kappa shape index (κ1) is 24.0. The molecule has 2 atom stereocenters. The predicted octanol–water partition coefficient (Wildman–Crippen LogP) is 3.58. The van der Waals surface area contributed by atoms with Crippen LogP contribution in [0.15, 0.2) is 12.4 Å². The smallest absolute Gasteiger partial charge is 0.409 e. The third-order valence-corrected chi connectivity index (χ3v) is 6.91. The summed E-state index contributed by atoms with van der Waals surface area (Å²) < 4.78 is 13.3. The Balaban J connectivity index is 1.41.